The highest BCUT2D eigenvalue weighted by atomic mass is 35.5. The smallest absolute Gasteiger partial charge is 0.234 e. The minimum absolute atomic E-state index is 0.107. The third-order valence-corrected chi connectivity index (χ3v) is 6.63. The predicted molar refractivity (Wildman–Crippen MR) is 102 cm³/mol. The van der Waals surface area contributed by atoms with Gasteiger partial charge in [0.2, 0.25) is 5.91 Å². The zero-order valence-electron chi connectivity index (χ0n) is 16.3. The number of hydrogen-bond donors (Lipinski definition) is 1. The van der Waals surface area contributed by atoms with Crippen LogP contribution >= 0.6 is 11.6 Å². The second kappa shape index (κ2) is 10.0. The van der Waals surface area contributed by atoms with Gasteiger partial charge in [0, 0.05) is 25.5 Å². The van der Waals surface area contributed by atoms with Crippen LogP contribution in [0.5, 0.6) is 0 Å². The summed E-state index contributed by atoms with van der Waals surface area (Å²) in [6, 6.07) is 0. The van der Waals surface area contributed by atoms with Crippen molar-refractivity contribution in [3.05, 3.63) is 0 Å². The number of amides is 1. The van der Waals surface area contributed by atoms with Gasteiger partial charge in [-0.3, -0.25) is 9.59 Å². The number of unbranched alkanes of at least 4 members (excludes halogenated alkanes) is 3. The quantitative estimate of drug-likeness (QED) is 0.299. The van der Waals surface area contributed by atoms with E-state index in [1.165, 1.54) is 0 Å². The summed E-state index contributed by atoms with van der Waals surface area (Å²) in [4.78, 5) is 25.1. The first-order chi connectivity index (χ1) is 12.5. The van der Waals surface area contributed by atoms with Crippen molar-refractivity contribution in [1.29, 1.82) is 0 Å². The average Bonchev–Trinajstić information content (AvgIpc) is 2.98. The molecule has 2 saturated carbocycles. The number of ether oxygens (including phenoxy) is 2. The second-order valence-electron chi connectivity index (χ2n) is 8.07. The Hall–Kier alpha value is -0.650. The van der Waals surface area contributed by atoms with Gasteiger partial charge in [-0.1, -0.05) is 26.7 Å². The molecule has 2 fully saturated rings. The molecule has 1 amide bonds. The number of nitrogens with one attached hydrogen (secondary N) is 1. The van der Waals surface area contributed by atoms with E-state index >= 15 is 0 Å². The fourth-order valence-corrected chi connectivity index (χ4v) is 4.76. The molecule has 6 heteroatoms. The van der Waals surface area contributed by atoms with Crippen LogP contribution in [-0.2, 0) is 19.1 Å². The maximum absolute atomic E-state index is 12.7. The van der Waals surface area contributed by atoms with Crippen LogP contribution in [0, 0.1) is 16.7 Å². The van der Waals surface area contributed by atoms with Gasteiger partial charge in [0.1, 0.15) is 11.2 Å². The van der Waals surface area contributed by atoms with Crippen LogP contribution in [-0.4, -0.2) is 50.5 Å². The molecule has 5 nitrogen and oxygen atoms in total. The standard InChI is InChI=1S/C20H34ClNO4/c1-19(2)16-7-8-20(19,17(23)15-16)18(24)22-10-12-26-14-13-25-11-6-4-3-5-9-21/h16H,3-15H2,1-2H3,(H,22,24). The monoisotopic (exact) mass is 387 g/mol. The lowest BCUT2D eigenvalue weighted by atomic mass is 9.68. The van der Waals surface area contributed by atoms with Crippen molar-refractivity contribution in [1.82, 2.24) is 5.32 Å². The summed E-state index contributed by atoms with van der Waals surface area (Å²) in [6.45, 7) is 6.86. The molecule has 2 bridgehead atoms. The van der Waals surface area contributed by atoms with Gasteiger partial charge in [-0.25, -0.2) is 0 Å². The summed E-state index contributed by atoms with van der Waals surface area (Å²) in [5.74, 6) is 1.10. The minimum atomic E-state index is -0.815. The Morgan fingerprint density at radius 1 is 1.12 bits per heavy atom. The molecule has 0 heterocycles. The van der Waals surface area contributed by atoms with E-state index in [9.17, 15) is 9.59 Å². The molecule has 2 atom stereocenters. The van der Waals surface area contributed by atoms with Crippen molar-refractivity contribution in [2.24, 2.45) is 16.7 Å². The molecule has 2 aliphatic carbocycles. The van der Waals surface area contributed by atoms with Gasteiger partial charge in [0.05, 0.1) is 19.8 Å². The Morgan fingerprint density at radius 3 is 2.42 bits per heavy atom. The third kappa shape index (κ3) is 4.60. The Bertz CT molecular complexity index is 482. The predicted octanol–water partition coefficient (Wildman–Crippen LogP) is 3.33. The Morgan fingerprint density at radius 2 is 1.81 bits per heavy atom. The topological polar surface area (TPSA) is 64.6 Å². The number of fused-ring (bicyclic) bond motifs is 2. The fourth-order valence-electron chi connectivity index (χ4n) is 4.57. The van der Waals surface area contributed by atoms with E-state index in [1.54, 1.807) is 0 Å². The van der Waals surface area contributed by atoms with Crippen molar-refractivity contribution in [3.63, 3.8) is 0 Å². The summed E-state index contributed by atoms with van der Waals surface area (Å²) in [5.41, 5.74) is -1.04. The molecule has 2 rings (SSSR count). The Kier molecular flexibility index (Phi) is 8.37. The largest absolute Gasteiger partial charge is 0.379 e. The molecule has 150 valence electrons. The number of rotatable bonds is 13. The Labute approximate surface area is 162 Å². The van der Waals surface area contributed by atoms with Crippen LogP contribution in [0.15, 0.2) is 0 Å². The first-order valence-corrected chi connectivity index (χ1v) is 10.5. The molecular formula is C20H34ClNO4. The lowest BCUT2D eigenvalue weighted by Gasteiger charge is -2.34. The molecule has 26 heavy (non-hydrogen) atoms. The summed E-state index contributed by atoms with van der Waals surface area (Å²) < 4.78 is 11.0. The summed E-state index contributed by atoms with van der Waals surface area (Å²) >= 11 is 5.63. The highest BCUT2D eigenvalue weighted by molar-refractivity contribution is 6.17. The zero-order valence-corrected chi connectivity index (χ0v) is 17.0. The van der Waals surface area contributed by atoms with Crippen molar-refractivity contribution in [2.75, 3.05) is 38.9 Å². The van der Waals surface area contributed by atoms with E-state index in [0.29, 0.717) is 45.1 Å². The maximum Gasteiger partial charge on any atom is 0.234 e. The molecule has 0 aromatic carbocycles. The SMILES string of the molecule is CC1(C)C2CCC1(C(=O)NCCOCCOCCCCCCCl)C(=O)C2. The van der Waals surface area contributed by atoms with E-state index in [-0.39, 0.29) is 17.1 Å². The van der Waals surface area contributed by atoms with Crippen LogP contribution in [0.4, 0.5) is 0 Å². The van der Waals surface area contributed by atoms with Crippen LogP contribution in [0.3, 0.4) is 0 Å². The lowest BCUT2D eigenvalue weighted by molar-refractivity contribution is -0.145. The molecule has 0 spiro atoms. The zero-order chi connectivity index (χ0) is 19.0. The molecule has 0 aromatic heterocycles. The van der Waals surface area contributed by atoms with Crippen LogP contribution < -0.4 is 5.32 Å². The number of carbonyl (C=O) groups excluding carboxylic acids is 2. The van der Waals surface area contributed by atoms with Crippen LogP contribution in [0.25, 0.3) is 0 Å². The number of halogens is 1. The molecule has 0 radical (unpaired) electrons. The molecule has 1 N–H and O–H groups in total. The van der Waals surface area contributed by atoms with E-state index in [1.807, 2.05) is 0 Å². The molecule has 2 aliphatic rings. The van der Waals surface area contributed by atoms with Crippen molar-refractivity contribution in [3.8, 4) is 0 Å². The Balaban J connectivity index is 1.53. The number of alkyl halides is 1. The first-order valence-electron chi connectivity index (χ1n) is 10.00. The normalized spacial score (nSPS) is 26.4. The molecule has 0 aromatic rings. The average molecular weight is 388 g/mol. The van der Waals surface area contributed by atoms with Gasteiger partial charge in [0.15, 0.2) is 0 Å². The molecule has 2 unspecified atom stereocenters. The molecular weight excluding hydrogens is 354 g/mol. The fraction of sp³-hybridized carbons (Fsp3) is 0.900. The minimum Gasteiger partial charge on any atom is -0.379 e. The highest BCUT2D eigenvalue weighted by Gasteiger charge is 2.67. The third-order valence-electron chi connectivity index (χ3n) is 6.36. The van der Waals surface area contributed by atoms with Crippen molar-refractivity contribution < 1.29 is 19.1 Å². The van der Waals surface area contributed by atoms with E-state index in [2.05, 4.69) is 19.2 Å². The lowest BCUT2D eigenvalue weighted by Crippen LogP contribution is -2.50. The van der Waals surface area contributed by atoms with E-state index in [0.717, 1.165) is 44.6 Å². The van der Waals surface area contributed by atoms with E-state index < -0.39 is 5.41 Å². The second-order valence-corrected chi connectivity index (χ2v) is 8.45. The van der Waals surface area contributed by atoms with Crippen molar-refractivity contribution >= 4 is 23.3 Å². The van der Waals surface area contributed by atoms with Gasteiger partial charge in [-0.15, -0.1) is 11.6 Å². The van der Waals surface area contributed by atoms with Gasteiger partial charge in [0.25, 0.3) is 0 Å². The van der Waals surface area contributed by atoms with Gasteiger partial charge in [-0.2, -0.15) is 0 Å². The van der Waals surface area contributed by atoms with E-state index in [4.69, 9.17) is 21.1 Å². The maximum atomic E-state index is 12.7. The number of ketones is 1. The number of hydrogen-bond acceptors (Lipinski definition) is 4. The number of Topliss-reactive ketones (excluding diaryl/α,β-unsaturated/α-hetero) is 1. The van der Waals surface area contributed by atoms with Crippen molar-refractivity contribution in [2.45, 2.75) is 58.8 Å². The summed E-state index contributed by atoms with van der Waals surface area (Å²) in [7, 11) is 0. The van der Waals surface area contributed by atoms with Gasteiger partial charge in [-0.05, 0) is 37.0 Å². The van der Waals surface area contributed by atoms with Gasteiger partial charge >= 0.3 is 0 Å². The number of carbonyl (C=O) groups is 2. The van der Waals surface area contributed by atoms with Crippen LogP contribution in [0.2, 0.25) is 0 Å². The highest BCUT2D eigenvalue weighted by Crippen LogP contribution is 2.63. The first kappa shape index (κ1) is 21.6. The van der Waals surface area contributed by atoms with Gasteiger partial charge < -0.3 is 14.8 Å². The summed E-state index contributed by atoms with van der Waals surface area (Å²) in [6.07, 6.45) is 6.66. The van der Waals surface area contributed by atoms with Crippen LogP contribution in [0.1, 0.15) is 58.8 Å². The molecule has 0 saturated heterocycles. The molecule has 0 aliphatic heterocycles. The summed E-state index contributed by atoms with van der Waals surface area (Å²) in [5, 5.41) is 2.92.